The van der Waals surface area contributed by atoms with Crippen LogP contribution in [-0.2, 0) is 28.7 Å². The largest absolute Gasteiger partial charge is 0.391 e. The first-order valence-electron chi connectivity index (χ1n) is 19.1. The second-order valence-corrected chi connectivity index (χ2v) is 15.8. The molecule has 0 aliphatic carbocycles. The number of likely N-dealkylation sites (N-methyl/N-ethyl adjacent to an activating group) is 2. The lowest BCUT2D eigenvalue weighted by atomic mass is 9.89. The Morgan fingerprint density at radius 1 is 0.907 bits per heavy atom. The number of likely N-dealkylation sites (tertiary alicyclic amines) is 1. The fourth-order valence-corrected chi connectivity index (χ4v) is 7.68. The lowest BCUT2D eigenvalue weighted by Gasteiger charge is -2.41. The number of carbonyl (C=O) groups excluding carboxylic acids is 5. The van der Waals surface area contributed by atoms with Crippen LogP contribution in [0.2, 0.25) is 0 Å². The van der Waals surface area contributed by atoms with Crippen molar-refractivity contribution in [3.8, 4) is 0 Å². The van der Waals surface area contributed by atoms with Gasteiger partial charge in [-0.2, -0.15) is 0 Å². The average Bonchev–Trinajstić information content (AvgIpc) is 3.50. The first-order chi connectivity index (χ1) is 25.2. The van der Waals surface area contributed by atoms with E-state index in [1.165, 1.54) is 50.3 Å². The third-order valence-corrected chi connectivity index (χ3v) is 10.8. The van der Waals surface area contributed by atoms with E-state index in [-0.39, 0.29) is 60.4 Å². The standard InChI is InChI=1S/C40H66FN5O8/c1-14-24(6)35(45(11)40(52)33(22(2)3)43-39(51)34(23(4)5)44(9)10)31(53-12)20-32(48)46-21-29(47)19-30(46)37(54-13)25(7)38(50)42-26(8)36(49)27-15-17-28(41)18-16-27/h15-18,22-26,29-31,33-35,37,47H,14,19-21H2,1-13H3,(H,42,50)(H,43,51)/t24?,25-,26+,29+,30+,31-,33+,34+,35+,37?/m1/s1. The van der Waals surface area contributed by atoms with Gasteiger partial charge in [0.25, 0.3) is 0 Å². The van der Waals surface area contributed by atoms with Gasteiger partial charge in [-0.25, -0.2) is 4.39 Å². The third kappa shape index (κ3) is 11.8. The molecule has 1 heterocycles. The van der Waals surface area contributed by atoms with Gasteiger partial charge in [0, 0.05) is 33.4 Å². The minimum atomic E-state index is -0.914. The molecule has 14 heteroatoms. The Bertz CT molecular complexity index is 1400. The van der Waals surface area contributed by atoms with Crippen LogP contribution in [0.25, 0.3) is 0 Å². The van der Waals surface area contributed by atoms with Crippen LogP contribution >= 0.6 is 0 Å². The number of hydrogen-bond acceptors (Lipinski definition) is 9. The number of rotatable bonds is 20. The minimum Gasteiger partial charge on any atom is -0.391 e. The Hall–Kier alpha value is -3.46. The van der Waals surface area contributed by atoms with E-state index in [1.807, 2.05) is 60.5 Å². The van der Waals surface area contributed by atoms with Crippen LogP contribution in [0.1, 0.15) is 85.0 Å². The maximum Gasteiger partial charge on any atom is 0.245 e. The van der Waals surface area contributed by atoms with Gasteiger partial charge in [0.05, 0.1) is 54.8 Å². The summed E-state index contributed by atoms with van der Waals surface area (Å²) >= 11 is 0. The lowest BCUT2D eigenvalue weighted by molar-refractivity contribution is -0.148. The number of aliphatic hydroxyl groups excluding tert-OH is 1. The number of benzene rings is 1. The molecule has 54 heavy (non-hydrogen) atoms. The Morgan fingerprint density at radius 2 is 1.50 bits per heavy atom. The van der Waals surface area contributed by atoms with Crippen LogP contribution in [-0.4, -0.2) is 140 Å². The third-order valence-electron chi connectivity index (χ3n) is 10.8. The SMILES string of the molecule is CCC(C)[C@@H]([C@@H](CC(=O)N1C[C@@H](O)C[C@H]1C(OC)[C@@H](C)C(=O)N[C@@H](C)C(=O)c1ccc(F)cc1)OC)N(C)C(=O)[C@@H](NC(=O)[C@H](C(C)C)N(C)C)C(C)C. The topological polar surface area (TPSA) is 158 Å². The molecule has 4 amide bonds. The number of nitrogens with zero attached hydrogens (tertiary/aromatic N) is 3. The predicted octanol–water partition coefficient (Wildman–Crippen LogP) is 3.13. The Kier molecular flexibility index (Phi) is 18.2. The van der Waals surface area contributed by atoms with Gasteiger partial charge in [-0.15, -0.1) is 0 Å². The highest BCUT2D eigenvalue weighted by Gasteiger charge is 2.45. The zero-order valence-electron chi connectivity index (χ0n) is 34.6. The van der Waals surface area contributed by atoms with Crippen LogP contribution in [0, 0.1) is 29.5 Å². The van der Waals surface area contributed by atoms with Gasteiger partial charge in [0.2, 0.25) is 23.6 Å². The highest BCUT2D eigenvalue weighted by Crippen LogP contribution is 2.30. The summed E-state index contributed by atoms with van der Waals surface area (Å²) in [5, 5.41) is 16.5. The maximum atomic E-state index is 14.2. The van der Waals surface area contributed by atoms with E-state index in [2.05, 4.69) is 10.6 Å². The van der Waals surface area contributed by atoms with E-state index < -0.39 is 71.9 Å². The minimum absolute atomic E-state index is 0.0146. The van der Waals surface area contributed by atoms with Crippen molar-refractivity contribution in [1.82, 2.24) is 25.3 Å². The van der Waals surface area contributed by atoms with Crippen molar-refractivity contribution in [2.75, 3.05) is 41.9 Å². The van der Waals surface area contributed by atoms with Crippen molar-refractivity contribution in [2.24, 2.45) is 23.7 Å². The number of carbonyl (C=O) groups is 5. The summed E-state index contributed by atoms with van der Waals surface area (Å²) < 4.78 is 25.1. The number of amides is 4. The fourth-order valence-electron chi connectivity index (χ4n) is 7.68. The molecule has 1 fully saturated rings. The number of β-amino-alcohol motifs (C(OH)–C–C–N with tert-alkyl or cyclic N) is 1. The molecule has 1 aromatic rings. The van der Waals surface area contributed by atoms with Gasteiger partial charge in [0.1, 0.15) is 11.9 Å². The molecule has 2 rings (SSSR count). The molecule has 3 N–H and O–H groups in total. The molecule has 0 spiro atoms. The van der Waals surface area contributed by atoms with E-state index >= 15 is 0 Å². The van der Waals surface area contributed by atoms with Gasteiger partial charge in [0.15, 0.2) is 5.78 Å². The van der Waals surface area contributed by atoms with Crippen LogP contribution in [0.4, 0.5) is 4.39 Å². The number of ether oxygens (including phenoxy) is 2. The molecular weight excluding hydrogens is 697 g/mol. The predicted molar refractivity (Wildman–Crippen MR) is 205 cm³/mol. The van der Waals surface area contributed by atoms with Crippen LogP contribution in [0.3, 0.4) is 0 Å². The second kappa shape index (κ2) is 21.0. The quantitative estimate of drug-likeness (QED) is 0.170. The van der Waals surface area contributed by atoms with E-state index in [0.29, 0.717) is 6.42 Å². The van der Waals surface area contributed by atoms with Crippen molar-refractivity contribution in [3.63, 3.8) is 0 Å². The van der Waals surface area contributed by atoms with Crippen LogP contribution in [0.5, 0.6) is 0 Å². The molecule has 1 aliphatic heterocycles. The van der Waals surface area contributed by atoms with E-state index in [0.717, 1.165) is 0 Å². The molecule has 0 radical (unpaired) electrons. The van der Waals surface area contributed by atoms with Gasteiger partial charge < -0.3 is 35.0 Å². The maximum absolute atomic E-state index is 14.2. The van der Waals surface area contributed by atoms with Gasteiger partial charge in [-0.05, 0) is 69.5 Å². The van der Waals surface area contributed by atoms with Crippen LogP contribution < -0.4 is 10.6 Å². The van der Waals surface area contributed by atoms with E-state index in [9.17, 15) is 33.5 Å². The molecular formula is C40H66FN5O8. The highest BCUT2D eigenvalue weighted by molar-refractivity contribution is 6.01. The summed E-state index contributed by atoms with van der Waals surface area (Å²) in [5.41, 5.74) is 0.250. The zero-order valence-corrected chi connectivity index (χ0v) is 34.6. The monoisotopic (exact) mass is 763 g/mol. The average molecular weight is 764 g/mol. The lowest BCUT2D eigenvalue weighted by Crippen LogP contribution is -2.59. The molecule has 1 saturated heterocycles. The first kappa shape index (κ1) is 46.7. The fraction of sp³-hybridized carbons (Fsp3) is 0.725. The molecule has 1 aromatic carbocycles. The second-order valence-electron chi connectivity index (χ2n) is 15.8. The molecule has 0 saturated carbocycles. The number of nitrogens with one attached hydrogen (secondary N) is 2. The number of ketones is 1. The number of Topliss-reactive ketones (excluding diaryl/α,β-unsaturated/α-hetero) is 1. The van der Waals surface area contributed by atoms with Crippen molar-refractivity contribution in [3.05, 3.63) is 35.6 Å². The molecule has 0 bridgehead atoms. The number of methoxy groups -OCH3 is 2. The molecule has 1 aliphatic rings. The zero-order chi connectivity index (χ0) is 41.2. The Morgan fingerprint density at radius 3 is 1.98 bits per heavy atom. The molecule has 10 atom stereocenters. The van der Waals surface area contributed by atoms with Crippen molar-refractivity contribution in [2.45, 2.75) is 123 Å². The molecule has 2 unspecified atom stereocenters. The number of hydrogen-bond donors (Lipinski definition) is 3. The smallest absolute Gasteiger partial charge is 0.245 e. The summed E-state index contributed by atoms with van der Waals surface area (Å²) in [7, 11) is 8.26. The summed E-state index contributed by atoms with van der Waals surface area (Å²) in [6.45, 7) is 14.8. The summed E-state index contributed by atoms with van der Waals surface area (Å²) in [6, 6.07) is 1.68. The first-order valence-corrected chi connectivity index (χ1v) is 19.1. The van der Waals surface area contributed by atoms with Crippen molar-refractivity contribution in [1.29, 1.82) is 0 Å². The Balaban J connectivity index is 2.30. The van der Waals surface area contributed by atoms with E-state index in [4.69, 9.17) is 9.47 Å². The summed E-state index contributed by atoms with van der Waals surface area (Å²) in [4.78, 5) is 73.1. The Labute approximate surface area is 321 Å². The molecule has 0 aromatic heterocycles. The molecule has 13 nitrogen and oxygen atoms in total. The summed E-state index contributed by atoms with van der Waals surface area (Å²) in [6.07, 6.45) is -1.72. The van der Waals surface area contributed by atoms with Gasteiger partial charge in [-0.1, -0.05) is 54.9 Å². The highest BCUT2D eigenvalue weighted by atomic mass is 19.1. The van der Waals surface area contributed by atoms with E-state index in [1.54, 1.807) is 18.9 Å². The van der Waals surface area contributed by atoms with Gasteiger partial charge in [-0.3, -0.25) is 28.9 Å². The number of halogens is 1. The molecule has 306 valence electrons. The van der Waals surface area contributed by atoms with Crippen molar-refractivity contribution >= 4 is 29.4 Å². The number of aliphatic hydroxyl groups is 1. The van der Waals surface area contributed by atoms with Gasteiger partial charge >= 0.3 is 0 Å². The summed E-state index contributed by atoms with van der Waals surface area (Å²) in [5.74, 6) is -3.36. The normalized spacial score (nSPS) is 20.5. The van der Waals surface area contributed by atoms with Crippen LogP contribution in [0.15, 0.2) is 24.3 Å². The van der Waals surface area contributed by atoms with Crippen molar-refractivity contribution < 1.29 is 42.9 Å².